The molecule has 1 aromatic heterocycles. The van der Waals surface area contributed by atoms with Crippen LogP contribution in [-0.4, -0.2) is 38.5 Å². The van der Waals surface area contributed by atoms with Crippen LogP contribution in [0.2, 0.25) is 0 Å². The third-order valence-electron chi connectivity index (χ3n) is 4.46. The average molecular weight is 324 g/mol. The monoisotopic (exact) mass is 324 g/mol. The Morgan fingerprint density at radius 2 is 1.88 bits per heavy atom. The molecule has 1 aliphatic heterocycles. The second kappa shape index (κ2) is 6.03. The van der Waals surface area contributed by atoms with Gasteiger partial charge in [0.2, 0.25) is 5.91 Å². The first-order valence-corrected chi connectivity index (χ1v) is 7.99. The van der Waals surface area contributed by atoms with E-state index in [0.717, 1.165) is 16.6 Å². The van der Waals surface area contributed by atoms with E-state index < -0.39 is 6.17 Å². The summed E-state index contributed by atoms with van der Waals surface area (Å²) in [6.07, 6.45) is -0.653. The first kappa shape index (κ1) is 14.8. The van der Waals surface area contributed by atoms with Gasteiger partial charge in [-0.2, -0.15) is 0 Å². The Morgan fingerprint density at radius 1 is 1.12 bits per heavy atom. The number of alkyl halides is 1. The first-order chi connectivity index (χ1) is 11.7. The van der Waals surface area contributed by atoms with Crippen LogP contribution in [0.1, 0.15) is 18.0 Å². The molecule has 1 amide bonds. The topological polar surface area (TPSA) is 51.0 Å². The fourth-order valence-electron chi connectivity index (χ4n) is 3.30. The molecule has 0 N–H and O–H groups in total. The van der Waals surface area contributed by atoms with Crippen molar-refractivity contribution in [2.45, 2.75) is 25.2 Å². The number of benzene rings is 2. The van der Waals surface area contributed by atoms with Crippen LogP contribution in [0.15, 0.2) is 54.6 Å². The van der Waals surface area contributed by atoms with E-state index in [1.165, 1.54) is 0 Å². The Morgan fingerprint density at radius 3 is 2.71 bits per heavy atom. The number of hydrogen-bond acceptors (Lipinski definition) is 3. The van der Waals surface area contributed by atoms with Crippen LogP contribution in [0.5, 0.6) is 0 Å². The van der Waals surface area contributed by atoms with Crippen molar-refractivity contribution < 1.29 is 9.18 Å². The molecule has 0 aliphatic carbocycles. The van der Waals surface area contributed by atoms with E-state index in [1.54, 1.807) is 9.58 Å². The number of amides is 1. The van der Waals surface area contributed by atoms with Crippen LogP contribution >= 0.6 is 0 Å². The van der Waals surface area contributed by atoms with Gasteiger partial charge in [0.25, 0.3) is 0 Å². The molecule has 0 spiro atoms. The van der Waals surface area contributed by atoms with Gasteiger partial charge in [-0.15, -0.1) is 5.10 Å². The quantitative estimate of drug-likeness (QED) is 0.744. The lowest BCUT2D eigenvalue weighted by Crippen LogP contribution is -2.34. The largest absolute Gasteiger partial charge is 0.331 e. The molecule has 2 atom stereocenters. The molecule has 0 saturated carbocycles. The second-order valence-corrected chi connectivity index (χ2v) is 6.04. The highest BCUT2D eigenvalue weighted by Crippen LogP contribution is 2.33. The number of rotatable bonds is 3. The van der Waals surface area contributed by atoms with Crippen molar-refractivity contribution in [3.63, 3.8) is 0 Å². The molecule has 1 aliphatic rings. The van der Waals surface area contributed by atoms with E-state index in [2.05, 4.69) is 10.3 Å². The maximum atomic E-state index is 14.0. The van der Waals surface area contributed by atoms with E-state index in [-0.39, 0.29) is 25.0 Å². The molecule has 1 saturated heterocycles. The molecule has 2 heterocycles. The van der Waals surface area contributed by atoms with Gasteiger partial charge in [0.05, 0.1) is 18.1 Å². The molecule has 3 aromatic rings. The standard InChI is InChI=1S/C18H17FN4O/c19-14-10-17(13-6-2-1-3-7-13)22(11-14)18(24)12-23-16-9-5-4-8-15(16)20-21-23/h1-9,14,17H,10-12H2. The van der Waals surface area contributed by atoms with Gasteiger partial charge >= 0.3 is 0 Å². The lowest BCUT2D eigenvalue weighted by atomic mass is 10.0. The highest BCUT2D eigenvalue weighted by molar-refractivity contribution is 5.80. The second-order valence-electron chi connectivity index (χ2n) is 6.04. The van der Waals surface area contributed by atoms with Crippen molar-refractivity contribution in [2.24, 2.45) is 0 Å². The average Bonchev–Trinajstić information content (AvgIpc) is 3.20. The summed E-state index contributed by atoms with van der Waals surface area (Å²) in [4.78, 5) is 14.4. The Bertz CT molecular complexity index is 864. The summed E-state index contributed by atoms with van der Waals surface area (Å²) in [6.45, 7) is 0.196. The van der Waals surface area contributed by atoms with Crippen molar-refractivity contribution in [1.29, 1.82) is 0 Å². The molecular weight excluding hydrogens is 307 g/mol. The van der Waals surface area contributed by atoms with Crippen LogP contribution in [0.3, 0.4) is 0 Å². The number of carbonyl (C=O) groups is 1. The van der Waals surface area contributed by atoms with E-state index in [9.17, 15) is 9.18 Å². The van der Waals surface area contributed by atoms with Crippen molar-refractivity contribution >= 4 is 16.9 Å². The predicted octanol–water partition coefficient (Wildman–Crippen LogP) is 2.74. The molecule has 122 valence electrons. The lowest BCUT2D eigenvalue weighted by Gasteiger charge is -2.24. The van der Waals surface area contributed by atoms with Gasteiger partial charge in [0, 0.05) is 6.42 Å². The van der Waals surface area contributed by atoms with Crippen LogP contribution in [0.4, 0.5) is 4.39 Å². The summed E-state index contributed by atoms with van der Waals surface area (Å²) < 4.78 is 15.5. The van der Waals surface area contributed by atoms with E-state index in [1.807, 2.05) is 54.6 Å². The number of carbonyl (C=O) groups excluding carboxylic acids is 1. The smallest absolute Gasteiger partial charge is 0.245 e. The van der Waals surface area contributed by atoms with Gasteiger partial charge in [-0.25, -0.2) is 9.07 Å². The summed E-state index contributed by atoms with van der Waals surface area (Å²) in [5.41, 5.74) is 2.52. The van der Waals surface area contributed by atoms with E-state index in [4.69, 9.17) is 0 Å². The van der Waals surface area contributed by atoms with Crippen LogP contribution in [-0.2, 0) is 11.3 Å². The molecule has 2 unspecified atom stereocenters. The molecular formula is C18H17FN4O. The van der Waals surface area contributed by atoms with Crippen molar-refractivity contribution in [1.82, 2.24) is 19.9 Å². The normalized spacial score (nSPS) is 20.6. The minimum absolute atomic E-state index is 0.0660. The van der Waals surface area contributed by atoms with Gasteiger partial charge in [0.1, 0.15) is 18.2 Å². The van der Waals surface area contributed by atoms with E-state index in [0.29, 0.717) is 6.42 Å². The van der Waals surface area contributed by atoms with Crippen LogP contribution in [0.25, 0.3) is 11.0 Å². The van der Waals surface area contributed by atoms with Crippen molar-refractivity contribution in [3.05, 3.63) is 60.2 Å². The summed E-state index contributed by atoms with van der Waals surface area (Å²) in [7, 11) is 0. The van der Waals surface area contributed by atoms with Gasteiger partial charge in [-0.3, -0.25) is 4.79 Å². The highest BCUT2D eigenvalue weighted by Gasteiger charge is 2.36. The SMILES string of the molecule is O=C(Cn1nnc2ccccc21)N1CC(F)CC1c1ccccc1. The molecule has 1 fully saturated rings. The zero-order valence-electron chi connectivity index (χ0n) is 13.0. The number of likely N-dealkylation sites (tertiary alicyclic amines) is 1. The molecule has 0 radical (unpaired) electrons. The van der Waals surface area contributed by atoms with Gasteiger partial charge in [0.15, 0.2) is 0 Å². The van der Waals surface area contributed by atoms with Gasteiger partial charge in [-0.05, 0) is 17.7 Å². The molecule has 4 rings (SSSR count). The third-order valence-corrected chi connectivity index (χ3v) is 4.46. The Hall–Kier alpha value is -2.76. The molecule has 2 aromatic carbocycles. The molecule has 0 bridgehead atoms. The number of fused-ring (bicyclic) bond motifs is 1. The van der Waals surface area contributed by atoms with Crippen LogP contribution < -0.4 is 0 Å². The number of nitrogens with zero attached hydrogens (tertiary/aromatic N) is 4. The maximum Gasteiger partial charge on any atom is 0.245 e. The first-order valence-electron chi connectivity index (χ1n) is 7.99. The summed E-state index contributed by atoms with van der Waals surface area (Å²) in [6, 6.07) is 16.9. The summed E-state index contributed by atoms with van der Waals surface area (Å²) in [5.74, 6) is -0.139. The van der Waals surface area contributed by atoms with Crippen molar-refractivity contribution in [2.75, 3.05) is 6.54 Å². The van der Waals surface area contributed by atoms with E-state index >= 15 is 0 Å². The minimum Gasteiger partial charge on any atom is -0.331 e. The number of halogens is 1. The number of hydrogen-bond donors (Lipinski definition) is 0. The number of aromatic nitrogens is 3. The highest BCUT2D eigenvalue weighted by atomic mass is 19.1. The zero-order valence-corrected chi connectivity index (χ0v) is 13.0. The fourth-order valence-corrected chi connectivity index (χ4v) is 3.30. The minimum atomic E-state index is -0.994. The summed E-state index contributed by atoms with van der Waals surface area (Å²) >= 11 is 0. The Labute approximate surface area is 138 Å². The summed E-state index contributed by atoms with van der Waals surface area (Å²) in [5, 5.41) is 8.11. The zero-order chi connectivity index (χ0) is 16.5. The molecule has 24 heavy (non-hydrogen) atoms. The molecule has 5 nitrogen and oxygen atoms in total. The number of para-hydroxylation sites is 1. The molecule has 6 heteroatoms. The van der Waals surface area contributed by atoms with Crippen LogP contribution in [0, 0.1) is 0 Å². The Balaban J connectivity index is 1.58. The van der Waals surface area contributed by atoms with Gasteiger partial charge in [-0.1, -0.05) is 47.7 Å². The lowest BCUT2D eigenvalue weighted by molar-refractivity contribution is -0.133. The van der Waals surface area contributed by atoms with Gasteiger partial charge < -0.3 is 4.90 Å². The Kier molecular flexibility index (Phi) is 3.72. The maximum absolute atomic E-state index is 14.0. The van der Waals surface area contributed by atoms with Crippen molar-refractivity contribution in [3.8, 4) is 0 Å². The third kappa shape index (κ3) is 2.64. The fraction of sp³-hybridized carbons (Fsp3) is 0.278. The predicted molar refractivity (Wildman–Crippen MR) is 87.9 cm³/mol.